The molecule has 0 heterocycles. The molecule has 0 aliphatic carbocycles. The number of hydrogen-bond acceptors (Lipinski definition) is 5. The Labute approximate surface area is 228 Å². The lowest BCUT2D eigenvalue weighted by atomic mass is 10.0. The van der Waals surface area contributed by atoms with Crippen molar-refractivity contribution in [3.8, 4) is 0 Å². The quantitative estimate of drug-likeness (QED) is 0.103. The number of amides is 2. The molecular weight excluding hydrogens is 476 g/mol. The molecule has 0 aromatic heterocycles. The van der Waals surface area contributed by atoms with Crippen LogP contribution in [0.5, 0.6) is 0 Å². The van der Waals surface area contributed by atoms with Crippen molar-refractivity contribution in [2.75, 3.05) is 45.9 Å². The molecule has 8 heteroatoms. The number of hydrogen-bond donors (Lipinski definition) is 4. The van der Waals surface area contributed by atoms with Crippen LogP contribution in [0.1, 0.15) is 122 Å². The van der Waals surface area contributed by atoms with Gasteiger partial charge in [-0.3, -0.25) is 9.59 Å². The van der Waals surface area contributed by atoms with Gasteiger partial charge in [0.05, 0.1) is 19.8 Å². The Balaban J connectivity index is 0. The highest BCUT2D eigenvalue weighted by molar-refractivity contribution is 5.85. The van der Waals surface area contributed by atoms with Crippen molar-refractivity contribution in [2.45, 2.75) is 122 Å². The average Bonchev–Trinajstić information content (AvgIpc) is 2.86. The van der Waals surface area contributed by atoms with E-state index >= 15 is 0 Å². The maximum absolute atomic E-state index is 11.8. The molecule has 0 radical (unpaired) electrons. The lowest BCUT2D eigenvalue weighted by Crippen LogP contribution is -2.38. The third-order valence-electron chi connectivity index (χ3n) is 6.24. The first kappa shape index (κ1) is 37.3. The average molecular weight is 535 g/mol. The largest absolute Gasteiger partial charge is 0.378 e. The molecule has 0 aromatic carbocycles. The molecule has 0 saturated heterocycles. The number of nitrogens with two attached hydrogens (primary N) is 1. The van der Waals surface area contributed by atoms with Crippen LogP contribution >= 0.6 is 12.4 Å². The smallest absolute Gasteiger partial charge is 0.239 e. The van der Waals surface area contributed by atoms with Gasteiger partial charge in [-0.25, -0.2) is 0 Å². The lowest BCUT2D eigenvalue weighted by Gasteiger charge is -2.08. The fraction of sp³-hybridized carbons (Fsp3) is 0.929. The Kier molecular flexibility index (Phi) is 33.3. The maximum Gasteiger partial charge on any atom is 0.239 e. The van der Waals surface area contributed by atoms with Gasteiger partial charge in [0.15, 0.2) is 0 Å². The van der Waals surface area contributed by atoms with Crippen LogP contribution in [0, 0.1) is 0 Å². The Bertz CT molecular complexity index is 470. The van der Waals surface area contributed by atoms with Crippen molar-refractivity contribution in [2.24, 2.45) is 5.73 Å². The van der Waals surface area contributed by atoms with Gasteiger partial charge < -0.3 is 26.4 Å². The van der Waals surface area contributed by atoms with Gasteiger partial charge in [-0.15, -0.1) is 12.4 Å². The van der Waals surface area contributed by atoms with Crippen molar-refractivity contribution >= 4 is 24.2 Å². The molecule has 36 heavy (non-hydrogen) atoms. The number of unbranched alkanes of at least 4 members (excludes halogenated alkanes) is 15. The summed E-state index contributed by atoms with van der Waals surface area (Å²) in [5.41, 5.74) is 5.32. The Morgan fingerprint density at radius 3 is 1.64 bits per heavy atom. The topological polar surface area (TPSA) is 105 Å². The summed E-state index contributed by atoms with van der Waals surface area (Å²) in [4.78, 5) is 23.4. The van der Waals surface area contributed by atoms with Crippen LogP contribution in [0.25, 0.3) is 0 Å². The zero-order chi connectivity index (χ0) is 25.7. The third kappa shape index (κ3) is 31.1. The molecule has 7 nitrogen and oxygen atoms in total. The van der Waals surface area contributed by atoms with Crippen molar-refractivity contribution in [3.05, 3.63) is 0 Å². The number of carbonyl (C=O) groups is 2. The zero-order valence-corrected chi connectivity index (χ0v) is 24.2. The first-order valence-electron chi connectivity index (χ1n) is 14.7. The fourth-order valence-corrected chi connectivity index (χ4v) is 4.07. The standard InChI is InChI=1S/C28H58N4O3.ClH/c1-2-3-4-5-6-7-8-9-10-11-12-13-14-15-16-17-21-30-22-18-19-27(33)32-26-28(34)31-23-25-35-24-20-29;/h30H,2-26,29H2,1H3,(H,31,34)(H,32,33);1H. The summed E-state index contributed by atoms with van der Waals surface area (Å²) in [6, 6.07) is 0. The van der Waals surface area contributed by atoms with Gasteiger partial charge in [0.25, 0.3) is 0 Å². The van der Waals surface area contributed by atoms with Crippen molar-refractivity contribution in [3.63, 3.8) is 0 Å². The molecule has 0 aliphatic rings. The minimum atomic E-state index is -0.198. The van der Waals surface area contributed by atoms with E-state index in [0.29, 0.717) is 32.7 Å². The molecule has 0 aliphatic heterocycles. The summed E-state index contributed by atoms with van der Waals surface area (Å²) in [6.45, 7) is 5.98. The number of nitrogens with one attached hydrogen (secondary N) is 3. The van der Waals surface area contributed by atoms with Gasteiger partial charge in [0.2, 0.25) is 11.8 Å². The van der Waals surface area contributed by atoms with E-state index in [4.69, 9.17) is 10.5 Å². The molecule has 0 atom stereocenters. The second-order valence-electron chi connectivity index (χ2n) is 9.68. The highest BCUT2D eigenvalue weighted by Crippen LogP contribution is 2.13. The first-order valence-corrected chi connectivity index (χ1v) is 14.7. The van der Waals surface area contributed by atoms with E-state index in [2.05, 4.69) is 22.9 Å². The van der Waals surface area contributed by atoms with Gasteiger partial charge >= 0.3 is 0 Å². The van der Waals surface area contributed by atoms with Gasteiger partial charge in [-0.2, -0.15) is 0 Å². The summed E-state index contributed by atoms with van der Waals surface area (Å²) in [5, 5.41) is 8.77. The Morgan fingerprint density at radius 1 is 0.611 bits per heavy atom. The van der Waals surface area contributed by atoms with E-state index < -0.39 is 0 Å². The Hall–Kier alpha value is -0.890. The normalized spacial score (nSPS) is 10.7. The minimum Gasteiger partial charge on any atom is -0.378 e. The van der Waals surface area contributed by atoms with Gasteiger partial charge in [-0.1, -0.05) is 103 Å². The van der Waals surface area contributed by atoms with E-state index in [9.17, 15) is 9.59 Å². The predicted octanol–water partition coefficient (Wildman–Crippen LogP) is 5.25. The molecule has 216 valence electrons. The van der Waals surface area contributed by atoms with Crippen LogP contribution in [0.2, 0.25) is 0 Å². The molecule has 0 fully saturated rings. The number of rotatable bonds is 28. The summed E-state index contributed by atoms with van der Waals surface area (Å²) in [6.07, 6.45) is 23.5. The van der Waals surface area contributed by atoms with E-state index in [-0.39, 0.29) is 30.8 Å². The summed E-state index contributed by atoms with van der Waals surface area (Å²) in [7, 11) is 0. The molecule has 0 spiro atoms. The van der Waals surface area contributed by atoms with E-state index in [0.717, 1.165) is 19.5 Å². The van der Waals surface area contributed by atoms with Crippen molar-refractivity contribution < 1.29 is 14.3 Å². The minimum absolute atomic E-state index is 0. The summed E-state index contributed by atoms with van der Waals surface area (Å²) >= 11 is 0. The van der Waals surface area contributed by atoms with Gasteiger partial charge in [0.1, 0.15) is 0 Å². The molecular formula is C28H59ClN4O3. The second-order valence-corrected chi connectivity index (χ2v) is 9.68. The van der Waals surface area contributed by atoms with Crippen molar-refractivity contribution in [1.82, 2.24) is 16.0 Å². The molecule has 0 aromatic rings. The summed E-state index contributed by atoms with van der Waals surface area (Å²) < 4.78 is 5.18. The molecule has 0 rings (SSSR count). The third-order valence-corrected chi connectivity index (χ3v) is 6.24. The maximum atomic E-state index is 11.8. The highest BCUT2D eigenvalue weighted by Gasteiger charge is 2.05. The first-order chi connectivity index (χ1) is 17.2. The molecule has 5 N–H and O–H groups in total. The molecule has 0 saturated carbocycles. The predicted molar refractivity (Wildman–Crippen MR) is 155 cm³/mol. The Morgan fingerprint density at radius 2 is 1.11 bits per heavy atom. The van der Waals surface area contributed by atoms with Crippen LogP contribution in [0.4, 0.5) is 0 Å². The zero-order valence-electron chi connectivity index (χ0n) is 23.4. The SMILES string of the molecule is CCCCCCCCCCCCCCCCCCNCCCC(=O)NCC(=O)NCCOCCN.Cl. The molecule has 0 bridgehead atoms. The van der Waals surface area contributed by atoms with Crippen LogP contribution in [-0.2, 0) is 14.3 Å². The van der Waals surface area contributed by atoms with Gasteiger partial charge in [-0.05, 0) is 25.9 Å². The van der Waals surface area contributed by atoms with Crippen LogP contribution in [-0.4, -0.2) is 57.8 Å². The highest BCUT2D eigenvalue weighted by atomic mass is 35.5. The van der Waals surface area contributed by atoms with Crippen LogP contribution in [0.15, 0.2) is 0 Å². The van der Waals surface area contributed by atoms with Crippen LogP contribution < -0.4 is 21.7 Å². The fourth-order valence-electron chi connectivity index (χ4n) is 4.07. The monoisotopic (exact) mass is 534 g/mol. The molecule has 0 unspecified atom stereocenters. The second kappa shape index (κ2) is 32.1. The van der Waals surface area contributed by atoms with Gasteiger partial charge in [0, 0.05) is 19.5 Å². The number of carbonyl (C=O) groups excluding carboxylic acids is 2. The number of ether oxygens (including phenoxy) is 1. The molecule has 2 amide bonds. The van der Waals surface area contributed by atoms with Crippen LogP contribution in [0.3, 0.4) is 0 Å². The van der Waals surface area contributed by atoms with E-state index in [1.165, 1.54) is 103 Å². The summed E-state index contributed by atoms with van der Waals surface area (Å²) in [5.74, 6) is -0.278. The van der Waals surface area contributed by atoms with E-state index in [1.54, 1.807) is 0 Å². The van der Waals surface area contributed by atoms with E-state index in [1.807, 2.05) is 0 Å². The number of halogens is 1. The van der Waals surface area contributed by atoms with Crippen molar-refractivity contribution in [1.29, 1.82) is 0 Å². The lowest BCUT2D eigenvalue weighted by molar-refractivity contribution is -0.126.